The Morgan fingerprint density at radius 3 is 1.80 bits per heavy atom. The largest absolute Gasteiger partial charge is 0.307 e. The van der Waals surface area contributed by atoms with Crippen molar-refractivity contribution < 1.29 is 4.70 Å². The van der Waals surface area contributed by atoms with E-state index in [4.69, 9.17) is 22.2 Å². The summed E-state index contributed by atoms with van der Waals surface area (Å²) < 4.78 is 0. The van der Waals surface area contributed by atoms with Gasteiger partial charge in [-0.3, -0.25) is 4.70 Å². The highest BCUT2D eigenvalue weighted by Crippen LogP contribution is 1.96. The molecule has 0 aliphatic rings. The van der Waals surface area contributed by atoms with Crippen LogP contribution in [0.1, 0.15) is 0 Å². The minimum atomic E-state index is -1.27. The first-order valence-corrected chi connectivity index (χ1v) is 6.06. The molecule has 0 heterocycles. The summed E-state index contributed by atoms with van der Waals surface area (Å²) in [7, 11) is -1.27. The summed E-state index contributed by atoms with van der Waals surface area (Å²) in [6, 6.07) is 9.69. The molecule has 0 fully saturated rings. The first-order chi connectivity index (χ1) is 4.30. The van der Waals surface area contributed by atoms with Crippen LogP contribution >= 0.6 is 22.2 Å². The van der Waals surface area contributed by atoms with Crippen LogP contribution in [-0.4, -0.2) is 7.42 Å². The summed E-state index contributed by atoms with van der Waals surface area (Å²) >= 11 is 11.3. The van der Waals surface area contributed by atoms with Crippen LogP contribution < -0.4 is 5.19 Å². The lowest BCUT2D eigenvalue weighted by Gasteiger charge is -1.94. The second kappa shape index (κ2) is 4.72. The van der Waals surface area contributed by atoms with E-state index in [0.717, 1.165) is 5.19 Å². The zero-order chi connectivity index (χ0) is 6.69. The van der Waals surface area contributed by atoms with Crippen molar-refractivity contribution in [3.05, 3.63) is 30.3 Å². The van der Waals surface area contributed by atoms with E-state index < -0.39 is 7.42 Å². The summed E-state index contributed by atoms with van der Waals surface area (Å²) in [6.07, 6.45) is 0. The maximum Gasteiger partial charge on any atom is 0.307 e. The van der Waals surface area contributed by atoms with Gasteiger partial charge < -0.3 is 0 Å². The van der Waals surface area contributed by atoms with Gasteiger partial charge in [-0.2, -0.15) is 0 Å². The average molecular weight is 196 g/mol. The lowest BCUT2D eigenvalue weighted by atomic mass is 10.4. The Balaban J connectivity index is 0.000000810. The summed E-state index contributed by atoms with van der Waals surface area (Å²) in [4.78, 5) is 0. The summed E-state index contributed by atoms with van der Waals surface area (Å²) in [6.45, 7) is 0. The first kappa shape index (κ1) is 9.95. The van der Waals surface area contributed by atoms with Gasteiger partial charge in [0.2, 0.25) is 0 Å². The Labute approximate surface area is 70.2 Å². The minimum Gasteiger partial charge on any atom is -0.269 e. The van der Waals surface area contributed by atoms with E-state index in [-0.39, 0.29) is 4.70 Å². The predicted molar refractivity (Wildman–Crippen MR) is 46.0 cm³/mol. The second-order valence-electron chi connectivity index (χ2n) is 1.63. The quantitative estimate of drug-likeness (QED) is 0.476. The van der Waals surface area contributed by atoms with E-state index in [1.807, 2.05) is 30.3 Å². The highest BCUT2D eigenvalue weighted by molar-refractivity contribution is 7.39. The highest BCUT2D eigenvalue weighted by atomic mass is 35.7. The number of halogens is 3. The van der Waals surface area contributed by atoms with Gasteiger partial charge in [0.25, 0.3) is 0 Å². The molecule has 55 valence electrons. The van der Waals surface area contributed by atoms with Gasteiger partial charge in [-0.25, -0.2) is 0 Å². The average Bonchev–Trinajstić information content (AvgIpc) is 1.90. The van der Waals surface area contributed by atoms with Crippen molar-refractivity contribution in [2.24, 2.45) is 0 Å². The molecule has 0 aromatic heterocycles. The predicted octanol–water partition coefficient (Wildman–Crippen LogP) is 2.01. The molecular formula is C6H6Cl2FSi. The van der Waals surface area contributed by atoms with Crippen molar-refractivity contribution in [3.63, 3.8) is 0 Å². The van der Waals surface area contributed by atoms with Crippen molar-refractivity contribution in [3.8, 4) is 0 Å². The van der Waals surface area contributed by atoms with Gasteiger partial charge in [-0.15, -0.1) is 22.2 Å². The monoisotopic (exact) mass is 195 g/mol. The molecule has 10 heavy (non-hydrogen) atoms. The molecule has 1 aromatic carbocycles. The number of benzene rings is 1. The number of hydrogen-bond acceptors (Lipinski definition) is 0. The first-order valence-electron chi connectivity index (χ1n) is 2.54. The van der Waals surface area contributed by atoms with Crippen LogP contribution in [0.15, 0.2) is 30.3 Å². The van der Waals surface area contributed by atoms with Crippen LogP contribution in [-0.2, 0) is 0 Å². The van der Waals surface area contributed by atoms with Gasteiger partial charge in [0.05, 0.1) is 0 Å². The Kier molecular flexibility index (Phi) is 4.69. The van der Waals surface area contributed by atoms with Crippen LogP contribution in [0.2, 0.25) is 0 Å². The van der Waals surface area contributed by atoms with Gasteiger partial charge >= 0.3 is 7.42 Å². The van der Waals surface area contributed by atoms with Crippen LogP contribution in [0.3, 0.4) is 0 Å². The fourth-order valence-electron chi connectivity index (χ4n) is 0.564. The fraction of sp³-hybridized carbons (Fsp3) is 0. The lowest BCUT2D eigenvalue weighted by Crippen LogP contribution is -2.16. The summed E-state index contributed by atoms with van der Waals surface area (Å²) in [5.74, 6) is 0. The van der Waals surface area contributed by atoms with Crippen molar-refractivity contribution in [2.45, 2.75) is 0 Å². The summed E-state index contributed by atoms with van der Waals surface area (Å²) in [5.41, 5.74) is 0. The van der Waals surface area contributed by atoms with E-state index >= 15 is 0 Å². The molecule has 0 bridgehead atoms. The maximum absolute atomic E-state index is 5.67. The van der Waals surface area contributed by atoms with Crippen molar-refractivity contribution in [2.75, 3.05) is 0 Å². The molecule has 0 saturated heterocycles. The van der Waals surface area contributed by atoms with Crippen molar-refractivity contribution in [1.29, 1.82) is 0 Å². The van der Waals surface area contributed by atoms with Gasteiger partial charge in [0.15, 0.2) is 0 Å². The molecule has 0 nitrogen and oxygen atoms in total. The van der Waals surface area contributed by atoms with E-state index in [1.54, 1.807) is 0 Å². The van der Waals surface area contributed by atoms with Gasteiger partial charge in [0, 0.05) is 0 Å². The third kappa shape index (κ3) is 2.69. The topological polar surface area (TPSA) is 0 Å². The molecule has 1 rings (SSSR count). The van der Waals surface area contributed by atoms with Gasteiger partial charge in [-0.1, -0.05) is 30.3 Å². The van der Waals surface area contributed by atoms with Crippen LogP contribution in [0.4, 0.5) is 4.70 Å². The highest BCUT2D eigenvalue weighted by Gasteiger charge is 2.03. The van der Waals surface area contributed by atoms with E-state index in [2.05, 4.69) is 0 Å². The molecule has 1 aromatic rings. The Morgan fingerprint density at radius 1 is 1.00 bits per heavy atom. The molecule has 0 N–H and O–H groups in total. The number of hydrogen-bond donors (Lipinski definition) is 0. The molecule has 0 aliphatic carbocycles. The Morgan fingerprint density at radius 2 is 1.50 bits per heavy atom. The van der Waals surface area contributed by atoms with E-state index in [0.29, 0.717) is 0 Å². The lowest BCUT2D eigenvalue weighted by molar-refractivity contribution is 1.11. The number of rotatable bonds is 1. The zero-order valence-electron chi connectivity index (χ0n) is 5.05. The molecule has 0 amide bonds. The van der Waals surface area contributed by atoms with Gasteiger partial charge in [0.1, 0.15) is 0 Å². The molecule has 0 aliphatic heterocycles. The third-order valence-corrected chi connectivity index (χ3v) is 3.07. The molecule has 0 saturated carbocycles. The molecule has 4 heteroatoms. The van der Waals surface area contributed by atoms with Gasteiger partial charge in [-0.05, 0) is 5.19 Å². The SMILES string of the molecule is Cl[Si](Cl)c1ccccc1.F. The fourth-order valence-corrected chi connectivity index (χ4v) is 1.76. The molecule has 1 radical (unpaired) electrons. The third-order valence-electron chi connectivity index (χ3n) is 0.992. The van der Waals surface area contributed by atoms with Crippen LogP contribution in [0.25, 0.3) is 0 Å². The van der Waals surface area contributed by atoms with E-state index in [9.17, 15) is 0 Å². The summed E-state index contributed by atoms with van der Waals surface area (Å²) in [5, 5.41) is 1.05. The second-order valence-corrected chi connectivity index (χ2v) is 5.57. The Hall–Kier alpha value is -0.0531. The normalized spacial score (nSPS) is 9.10. The molecule has 0 atom stereocenters. The van der Waals surface area contributed by atoms with Crippen LogP contribution in [0, 0.1) is 0 Å². The zero-order valence-corrected chi connectivity index (χ0v) is 7.56. The molecule has 0 unspecified atom stereocenters. The molecular weight excluding hydrogens is 190 g/mol. The minimum absolute atomic E-state index is 0. The van der Waals surface area contributed by atoms with E-state index in [1.165, 1.54) is 0 Å². The Bertz CT molecular complexity index is 178. The van der Waals surface area contributed by atoms with Crippen molar-refractivity contribution in [1.82, 2.24) is 0 Å². The standard InChI is InChI=1S/C6H5Cl2Si.FH/c7-9(8)6-4-2-1-3-5-6;/h1-5H;1H. The smallest absolute Gasteiger partial charge is 0.269 e. The van der Waals surface area contributed by atoms with Crippen molar-refractivity contribution >= 4 is 34.8 Å². The maximum atomic E-state index is 5.67. The van der Waals surface area contributed by atoms with Crippen LogP contribution in [0.5, 0.6) is 0 Å². The molecule has 0 spiro atoms.